The Morgan fingerprint density at radius 3 is 2.43 bits per heavy atom. The molecule has 2 nitrogen and oxygen atoms in total. The highest BCUT2D eigenvalue weighted by atomic mass is 16.5. The van der Waals surface area contributed by atoms with Gasteiger partial charge >= 0.3 is 5.97 Å². The molecule has 14 heavy (non-hydrogen) atoms. The minimum absolute atomic E-state index is 0.0165. The molecule has 0 aromatic heterocycles. The Morgan fingerprint density at radius 2 is 1.93 bits per heavy atom. The van der Waals surface area contributed by atoms with Crippen molar-refractivity contribution in [2.75, 3.05) is 0 Å². The number of carbonyl (C=O) groups is 1. The quantitative estimate of drug-likeness (QED) is 0.650. The summed E-state index contributed by atoms with van der Waals surface area (Å²) in [5, 5.41) is 0. The fourth-order valence-electron chi connectivity index (χ4n) is 1.94. The van der Waals surface area contributed by atoms with Gasteiger partial charge in [0.25, 0.3) is 0 Å². The maximum atomic E-state index is 11.3. The second-order valence-electron chi connectivity index (χ2n) is 5.10. The average molecular weight is 198 g/mol. The third kappa shape index (κ3) is 3.69. The maximum Gasteiger partial charge on any atom is 0.306 e. The van der Waals surface area contributed by atoms with E-state index in [2.05, 4.69) is 13.8 Å². The van der Waals surface area contributed by atoms with Crippen LogP contribution in [0.2, 0.25) is 0 Å². The zero-order chi connectivity index (χ0) is 10.6. The molecule has 0 bridgehead atoms. The van der Waals surface area contributed by atoms with E-state index in [1.54, 1.807) is 0 Å². The molecule has 0 amide bonds. The highest BCUT2D eigenvalue weighted by molar-refractivity contribution is 5.69. The fraction of sp³-hybridized carbons (Fsp3) is 0.917. The normalized spacial score (nSPS) is 21.9. The molecule has 0 aromatic carbocycles. The molecule has 1 aliphatic rings. The van der Waals surface area contributed by atoms with E-state index in [9.17, 15) is 4.79 Å². The molecular weight excluding hydrogens is 176 g/mol. The van der Waals surface area contributed by atoms with Gasteiger partial charge in [0.2, 0.25) is 0 Å². The van der Waals surface area contributed by atoms with Crippen LogP contribution in [0.5, 0.6) is 0 Å². The van der Waals surface area contributed by atoms with Crippen molar-refractivity contribution < 1.29 is 9.53 Å². The summed E-state index contributed by atoms with van der Waals surface area (Å²) in [7, 11) is 0. The van der Waals surface area contributed by atoms with Crippen LogP contribution in [0.4, 0.5) is 0 Å². The Balaban J connectivity index is 2.25. The highest BCUT2D eigenvalue weighted by Gasteiger charge is 2.28. The van der Waals surface area contributed by atoms with Crippen molar-refractivity contribution >= 4 is 5.97 Å². The number of hydrogen-bond acceptors (Lipinski definition) is 2. The average Bonchev–Trinajstić information content (AvgIpc) is 2.09. The molecule has 0 aromatic rings. The lowest BCUT2D eigenvalue weighted by Crippen LogP contribution is -2.28. The predicted molar refractivity (Wildman–Crippen MR) is 57.0 cm³/mol. The van der Waals surface area contributed by atoms with Crippen LogP contribution in [0.15, 0.2) is 0 Å². The molecule has 0 atom stereocenters. The number of ether oxygens (including phenoxy) is 1. The molecule has 1 fully saturated rings. The molecule has 0 radical (unpaired) electrons. The smallest absolute Gasteiger partial charge is 0.306 e. The Hall–Kier alpha value is -0.530. The Morgan fingerprint density at radius 1 is 1.36 bits per heavy atom. The Bertz CT molecular complexity index is 186. The first-order valence-electron chi connectivity index (χ1n) is 5.73. The van der Waals surface area contributed by atoms with Crippen LogP contribution >= 0.6 is 0 Å². The van der Waals surface area contributed by atoms with Gasteiger partial charge in [-0.05, 0) is 37.5 Å². The molecule has 0 unspecified atom stereocenters. The van der Waals surface area contributed by atoms with Crippen LogP contribution in [-0.4, -0.2) is 12.1 Å². The standard InChI is InChI=1S/C12H22O2/c1-4-5-11(13)14-10-6-8-12(2,3)9-7-10/h10H,4-9H2,1-3H3. The molecule has 0 spiro atoms. The number of hydrogen-bond donors (Lipinski definition) is 0. The molecule has 2 heteroatoms. The molecular formula is C12H22O2. The van der Waals surface area contributed by atoms with Crippen LogP contribution in [0.25, 0.3) is 0 Å². The summed E-state index contributed by atoms with van der Waals surface area (Å²) in [4.78, 5) is 11.3. The summed E-state index contributed by atoms with van der Waals surface area (Å²) < 4.78 is 5.39. The van der Waals surface area contributed by atoms with Gasteiger partial charge in [-0.2, -0.15) is 0 Å². The third-order valence-corrected chi connectivity index (χ3v) is 3.04. The van der Waals surface area contributed by atoms with Gasteiger partial charge in [-0.3, -0.25) is 4.79 Å². The van der Waals surface area contributed by atoms with Gasteiger partial charge in [-0.25, -0.2) is 0 Å². The monoisotopic (exact) mass is 198 g/mol. The van der Waals surface area contributed by atoms with E-state index in [-0.39, 0.29) is 12.1 Å². The lowest BCUT2D eigenvalue weighted by Gasteiger charge is -2.33. The Kier molecular flexibility index (Phi) is 3.97. The summed E-state index contributed by atoms with van der Waals surface area (Å²) in [6, 6.07) is 0. The van der Waals surface area contributed by atoms with Gasteiger partial charge in [0.05, 0.1) is 0 Å². The molecule has 1 aliphatic carbocycles. The number of rotatable bonds is 3. The second kappa shape index (κ2) is 4.81. The SMILES string of the molecule is CCCC(=O)OC1CCC(C)(C)CC1. The van der Waals surface area contributed by atoms with Crippen molar-refractivity contribution in [3.63, 3.8) is 0 Å². The van der Waals surface area contributed by atoms with E-state index in [1.807, 2.05) is 6.92 Å². The zero-order valence-electron chi connectivity index (χ0n) is 9.64. The highest BCUT2D eigenvalue weighted by Crippen LogP contribution is 2.36. The van der Waals surface area contributed by atoms with Gasteiger partial charge in [0, 0.05) is 6.42 Å². The van der Waals surface area contributed by atoms with E-state index in [0.29, 0.717) is 11.8 Å². The second-order valence-corrected chi connectivity index (χ2v) is 5.10. The maximum absolute atomic E-state index is 11.3. The van der Waals surface area contributed by atoms with Crippen molar-refractivity contribution in [1.82, 2.24) is 0 Å². The van der Waals surface area contributed by atoms with Crippen LogP contribution in [0.1, 0.15) is 59.3 Å². The van der Waals surface area contributed by atoms with Crippen molar-refractivity contribution in [2.24, 2.45) is 5.41 Å². The van der Waals surface area contributed by atoms with E-state index in [0.717, 1.165) is 19.3 Å². The summed E-state index contributed by atoms with van der Waals surface area (Å²) in [6.45, 7) is 6.58. The van der Waals surface area contributed by atoms with Crippen LogP contribution in [-0.2, 0) is 9.53 Å². The lowest BCUT2D eigenvalue weighted by atomic mass is 9.76. The molecule has 0 saturated heterocycles. The topological polar surface area (TPSA) is 26.3 Å². The van der Waals surface area contributed by atoms with Gasteiger partial charge in [-0.1, -0.05) is 20.8 Å². The summed E-state index contributed by atoms with van der Waals surface area (Å²) in [6.07, 6.45) is 6.10. The van der Waals surface area contributed by atoms with Crippen molar-refractivity contribution in [1.29, 1.82) is 0 Å². The molecule has 0 aliphatic heterocycles. The Labute approximate surface area is 87.0 Å². The van der Waals surface area contributed by atoms with E-state index in [1.165, 1.54) is 12.8 Å². The largest absolute Gasteiger partial charge is 0.462 e. The first kappa shape index (κ1) is 11.5. The fourth-order valence-corrected chi connectivity index (χ4v) is 1.94. The minimum Gasteiger partial charge on any atom is -0.462 e. The molecule has 1 rings (SSSR count). The first-order valence-corrected chi connectivity index (χ1v) is 5.73. The van der Waals surface area contributed by atoms with Crippen molar-refractivity contribution in [2.45, 2.75) is 65.4 Å². The molecule has 0 heterocycles. The van der Waals surface area contributed by atoms with E-state index in [4.69, 9.17) is 4.74 Å². The van der Waals surface area contributed by atoms with Crippen LogP contribution < -0.4 is 0 Å². The zero-order valence-corrected chi connectivity index (χ0v) is 9.64. The van der Waals surface area contributed by atoms with Crippen molar-refractivity contribution in [3.8, 4) is 0 Å². The van der Waals surface area contributed by atoms with E-state index < -0.39 is 0 Å². The molecule has 0 N–H and O–H groups in total. The van der Waals surface area contributed by atoms with E-state index >= 15 is 0 Å². The summed E-state index contributed by atoms with van der Waals surface area (Å²) >= 11 is 0. The van der Waals surface area contributed by atoms with Crippen LogP contribution in [0.3, 0.4) is 0 Å². The van der Waals surface area contributed by atoms with Crippen molar-refractivity contribution in [3.05, 3.63) is 0 Å². The summed E-state index contributed by atoms with van der Waals surface area (Å²) in [5.74, 6) is -0.0165. The lowest BCUT2D eigenvalue weighted by molar-refractivity contribution is -0.151. The third-order valence-electron chi connectivity index (χ3n) is 3.04. The molecule has 82 valence electrons. The van der Waals surface area contributed by atoms with Crippen LogP contribution in [0, 0.1) is 5.41 Å². The van der Waals surface area contributed by atoms with Gasteiger partial charge in [-0.15, -0.1) is 0 Å². The predicted octanol–water partition coefficient (Wildman–Crippen LogP) is 3.30. The van der Waals surface area contributed by atoms with Gasteiger partial charge in [0.1, 0.15) is 6.10 Å². The van der Waals surface area contributed by atoms with Gasteiger partial charge < -0.3 is 4.74 Å². The van der Waals surface area contributed by atoms with Gasteiger partial charge in [0.15, 0.2) is 0 Å². The molecule has 1 saturated carbocycles. The number of esters is 1. The number of carbonyl (C=O) groups excluding carboxylic acids is 1. The summed E-state index contributed by atoms with van der Waals surface area (Å²) in [5.41, 5.74) is 0.452. The first-order chi connectivity index (χ1) is 6.53. The minimum atomic E-state index is -0.0165.